The number of aromatic nitrogens is 3. The molecule has 26 heavy (non-hydrogen) atoms. The van der Waals surface area contributed by atoms with E-state index in [0.717, 1.165) is 33.1 Å². The molecular formula is C21H19N3OS. The largest absolute Gasteiger partial charge is 0.355 e. The van der Waals surface area contributed by atoms with E-state index in [2.05, 4.69) is 11.9 Å². The molecule has 0 aliphatic rings. The Labute approximate surface area is 155 Å². The number of nitrogens with one attached hydrogen (secondary N) is 1. The maximum Gasteiger partial charge on any atom is 0.278 e. The van der Waals surface area contributed by atoms with Crippen molar-refractivity contribution < 1.29 is 0 Å². The van der Waals surface area contributed by atoms with Crippen molar-refractivity contribution in [3.8, 4) is 11.1 Å². The lowest BCUT2D eigenvalue weighted by Gasteiger charge is -2.12. The molecule has 0 radical (unpaired) electrons. The molecule has 4 rings (SSSR count). The molecule has 2 aromatic heterocycles. The summed E-state index contributed by atoms with van der Waals surface area (Å²) in [7, 11) is 0. The van der Waals surface area contributed by atoms with Crippen LogP contribution in [0.25, 0.3) is 22.2 Å². The molecule has 0 bridgehead atoms. The van der Waals surface area contributed by atoms with Crippen LogP contribution in [-0.2, 0) is 6.54 Å². The maximum atomic E-state index is 13.2. The van der Waals surface area contributed by atoms with Gasteiger partial charge < -0.3 is 4.98 Å². The molecule has 0 spiro atoms. The molecule has 0 saturated carbocycles. The van der Waals surface area contributed by atoms with Crippen LogP contribution in [0.2, 0.25) is 0 Å². The second-order valence-corrected chi connectivity index (χ2v) is 7.23. The van der Waals surface area contributed by atoms with Gasteiger partial charge in [0, 0.05) is 11.8 Å². The zero-order valence-electron chi connectivity index (χ0n) is 14.5. The summed E-state index contributed by atoms with van der Waals surface area (Å²) in [6.45, 7) is 2.59. The number of hydrogen-bond donors (Lipinski definition) is 1. The SMILES string of the molecule is CCSc1nc2c(-c3ccccc3)c[nH]c2c(=O)n1Cc1ccccc1. The molecule has 130 valence electrons. The predicted molar refractivity (Wildman–Crippen MR) is 108 cm³/mol. The fourth-order valence-electron chi connectivity index (χ4n) is 3.06. The zero-order valence-corrected chi connectivity index (χ0v) is 15.3. The Morgan fingerprint density at radius 2 is 1.73 bits per heavy atom. The van der Waals surface area contributed by atoms with E-state index < -0.39 is 0 Å². The molecule has 2 heterocycles. The fourth-order valence-corrected chi connectivity index (χ4v) is 3.77. The van der Waals surface area contributed by atoms with Gasteiger partial charge in [-0.05, 0) is 16.9 Å². The van der Waals surface area contributed by atoms with E-state index in [-0.39, 0.29) is 5.56 Å². The highest BCUT2D eigenvalue weighted by Crippen LogP contribution is 2.27. The first-order chi connectivity index (χ1) is 12.8. The van der Waals surface area contributed by atoms with Crippen LogP contribution in [0, 0.1) is 0 Å². The van der Waals surface area contributed by atoms with Crippen LogP contribution in [0.5, 0.6) is 0 Å². The molecule has 2 aromatic carbocycles. The summed E-state index contributed by atoms with van der Waals surface area (Å²) >= 11 is 1.60. The molecule has 0 atom stereocenters. The Kier molecular flexibility index (Phi) is 4.63. The number of thioether (sulfide) groups is 1. The second-order valence-electron chi connectivity index (χ2n) is 6.00. The van der Waals surface area contributed by atoms with Crippen LogP contribution in [0.4, 0.5) is 0 Å². The Morgan fingerprint density at radius 1 is 1.04 bits per heavy atom. The van der Waals surface area contributed by atoms with Gasteiger partial charge in [0.05, 0.1) is 6.54 Å². The van der Waals surface area contributed by atoms with Crippen LogP contribution in [-0.4, -0.2) is 20.3 Å². The minimum Gasteiger partial charge on any atom is -0.355 e. The Balaban J connectivity index is 1.89. The van der Waals surface area contributed by atoms with E-state index >= 15 is 0 Å². The molecule has 0 unspecified atom stereocenters. The third-order valence-electron chi connectivity index (χ3n) is 4.29. The predicted octanol–water partition coefficient (Wildman–Crippen LogP) is 4.55. The number of hydrogen-bond acceptors (Lipinski definition) is 3. The summed E-state index contributed by atoms with van der Waals surface area (Å²) < 4.78 is 1.76. The first kappa shape index (κ1) is 16.7. The zero-order chi connectivity index (χ0) is 17.9. The third-order valence-corrected chi connectivity index (χ3v) is 5.15. The van der Waals surface area contributed by atoms with Crippen LogP contribution in [0.15, 0.2) is 76.8 Å². The van der Waals surface area contributed by atoms with E-state index in [9.17, 15) is 4.79 Å². The average molecular weight is 361 g/mol. The molecule has 0 amide bonds. The standard InChI is InChI=1S/C21H19N3OS/c1-2-26-21-23-18-17(16-11-7-4-8-12-16)13-22-19(18)20(25)24(21)14-15-9-5-3-6-10-15/h3-13,22H,2,14H2,1H3. The normalized spacial score (nSPS) is 11.1. The van der Waals surface area contributed by atoms with E-state index in [0.29, 0.717) is 12.1 Å². The molecule has 0 aliphatic carbocycles. The molecule has 4 aromatic rings. The number of nitrogens with zero attached hydrogens (tertiary/aromatic N) is 2. The smallest absolute Gasteiger partial charge is 0.278 e. The number of benzene rings is 2. The first-order valence-electron chi connectivity index (χ1n) is 8.62. The average Bonchev–Trinajstić information content (AvgIpc) is 3.11. The van der Waals surface area contributed by atoms with Crippen molar-refractivity contribution in [2.45, 2.75) is 18.6 Å². The van der Waals surface area contributed by atoms with Crippen molar-refractivity contribution >= 4 is 22.8 Å². The fraction of sp³-hybridized carbons (Fsp3) is 0.143. The second kappa shape index (κ2) is 7.22. The van der Waals surface area contributed by atoms with E-state index in [1.165, 1.54) is 0 Å². The van der Waals surface area contributed by atoms with Crippen molar-refractivity contribution in [3.63, 3.8) is 0 Å². The molecule has 1 N–H and O–H groups in total. The van der Waals surface area contributed by atoms with Gasteiger partial charge in [-0.25, -0.2) is 4.98 Å². The lowest BCUT2D eigenvalue weighted by Crippen LogP contribution is -2.24. The highest BCUT2D eigenvalue weighted by Gasteiger charge is 2.16. The monoisotopic (exact) mass is 361 g/mol. The number of aromatic amines is 1. The summed E-state index contributed by atoms with van der Waals surface area (Å²) in [5.74, 6) is 0.859. The minimum atomic E-state index is -0.0306. The van der Waals surface area contributed by atoms with E-state index in [1.807, 2.05) is 66.9 Å². The Bertz CT molecular complexity index is 1080. The highest BCUT2D eigenvalue weighted by molar-refractivity contribution is 7.99. The minimum absolute atomic E-state index is 0.0306. The van der Waals surface area contributed by atoms with Crippen LogP contribution in [0.1, 0.15) is 12.5 Å². The van der Waals surface area contributed by atoms with Crippen molar-refractivity contribution in [3.05, 3.63) is 82.8 Å². The highest BCUT2D eigenvalue weighted by atomic mass is 32.2. The van der Waals surface area contributed by atoms with Gasteiger partial charge in [-0.2, -0.15) is 0 Å². The van der Waals surface area contributed by atoms with Gasteiger partial charge in [0.1, 0.15) is 11.0 Å². The molecule has 0 saturated heterocycles. The van der Waals surface area contributed by atoms with Crippen molar-refractivity contribution in [1.82, 2.24) is 14.5 Å². The molecule has 0 fully saturated rings. The molecule has 5 heteroatoms. The van der Waals surface area contributed by atoms with Crippen LogP contribution < -0.4 is 5.56 Å². The van der Waals surface area contributed by atoms with Crippen LogP contribution >= 0.6 is 11.8 Å². The van der Waals surface area contributed by atoms with Crippen LogP contribution in [0.3, 0.4) is 0 Å². The molecule has 0 aliphatic heterocycles. The van der Waals surface area contributed by atoms with Crippen molar-refractivity contribution in [1.29, 1.82) is 0 Å². The first-order valence-corrected chi connectivity index (χ1v) is 9.60. The van der Waals surface area contributed by atoms with Gasteiger partial charge >= 0.3 is 0 Å². The summed E-state index contributed by atoms with van der Waals surface area (Å²) in [6.07, 6.45) is 1.88. The lowest BCUT2D eigenvalue weighted by molar-refractivity contribution is 0.657. The van der Waals surface area contributed by atoms with Gasteiger partial charge in [0.25, 0.3) is 5.56 Å². The van der Waals surface area contributed by atoms with Gasteiger partial charge in [-0.15, -0.1) is 0 Å². The van der Waals surface area contributed by atoms with E-state index in [4.69, 9.17) is 4.98 Å². The molecular weight excluding hydrogens is 342 g/mol. The van der Waals surface area contributed by atoms with E-state index in [1.54, 1.807) is 16.3 Å². The quantitative estimate of drug-likeness (QED) is 0.419. The number of fused-ring (bicyclic) bond motifs is 1. The lowest BCUT2D eigenvalue weighted by atomic mass is 10.1. The topological polar surface area (TPSA) is 50.7 Å². The van der Waals surface area contributed by atoms with Crippen molar-refractivity contribution in [2.24, 2.45) is 0 Å². The maximum absolute atomic E-state index is 13.2. The summed E-state index contributed by atoms with van der Waals surface area (Å²) in [4.78, 5) is 21.1. The van der Waals surface area contributed by atoms with Gasteiger partial charge in [0.15, 0.2) is 5.16 Å². The van der Waals surface area contributed by atoms with Crippen molar-refractivity contribution in [2.75, 3.05) is 5.75 Å². The van der Waals surface area contributed by atoms with Gasteiger partial charge in [0.2, 0.25) is 0 Å². The molecule has 4 nitrogen and oxygen atoms in total. The summed E-state index contributed by atoms with van der Waals surface area (Å²) in [6, 6.07) is 20.0. The summed E-state index contributed by atoms with van der Waals surface area (Å²) in [5, 5.41) is 0.755. The summed E-state index contributed by atoms with van der Waals surface area (Å²) in [5.41, 5.74) is 4.36. The third kappa shape index (κ3) is 3.06. The number of rotatable bonds is 5. The van der Waals surface area contributed by atoms with Gasteiger partial charge in [-0.3, -0.25) is 9.36 Å². The number of H-pyrrole nitrogens is 1. The van der Waals surface area contributed by atoms with Gasteiger partial charge in [-0.1, -0.05) is 79.3 Å². The Hall–Kier alpha value is -2.79. The Morgan fingerprint density at radius 3 is 2.42 bits per heavy atom.